The third-order valence-electron chi connectivity index (χ3n) is 2.70. The number of nitrogens with zero attached hydrogens (tertiary/aromatic N) is 2. The van der Waals surface area contributed by atoms with Crippen LogP contribution in [0.2, 0.25) is 0 Å². The maximum Gasteiger partial charge on any atom is 0.200 e. The number of hydrazone groups is 1. The molecule has 0 aliphatic carbocycles. The number of thiocarbonyl (C=S) groups is 1. The third-order valence-corrected chi connectivity index (χ3v) is 3.11. The summed E-state index contributed by atoms with van der Waals surface area (Å²) < 4.78 is 65.8. The summed E-state index contributed by atoms with van der Waals surface area (Å²) in [6.45, 7) is 2.56. The van der Waals surface area contributed by atoms with Crippen molar-refractivity contribution >= 4 is 23.5 Å². The molecule has 0 aromatic heterocycles. The van der Waals surface area contributed by atoms with Gasteiger partial charge in [0.25, 0.3) is 0 Å². The summed E-state index contributed by atoms with van der Waals surface area (Å²) in [7, 11) is 1.38. The molecule has 0 saturated heterocycles. The highest BCUT2D eigenvalue weighted by atomic mass is 32.1. The lowest BCUT2D eigenvalue weighted by Gasteiger charge is -2.15. The van der Waals surface area contributed by atoms with Crippen molar-refractivity contribution in [3.05, 3.63) is 34.6 Å². The fraction of sp³-hybridized carbons (Fsp3) is 0.385. The van der Waals surface area contributed by atoms with Crippen molar-refractivity contribution in [2.75, 3.05) is 13.6 Å². The Labute approximate surface area is 129 Å². The van der Waals surface area contributed by atoms with Gasteiger partial charge >= 0.3 is 0 Å². The zero-order valence-electron chi connectivity index (χ0n) is 11.9. The third kappa shape index (κ3) is 4.12. The Hall–Kier alpha value is -1.77. The molecule has 0 fully saturated rings. The monoisotopic (exact) mass is 339 g/mol. The van der Waals surface area contributed by atoms with Crippen LogP contribution in [-0.4, -0.2) is 29.9 Å². The molecule has 1 rings (SSSR count). The van der Waals surface area contributed by atoms with Gasteiger partial charge in [-0.25, -0.2) is 27.0 Å². The molecule has 0 unspecified atom stereocenters. The fourth-order valence-corrected chi connectivity index (χ4v) is 1.57. The molecule has 0 saturated carbocycles. The zero-order chi connectivity index (χ0) is 16.9. The van der Waals surface area contributed by atoms with E-state index in [-0.39, 0.29) is 5.11 Å². The van der Waals surface area contributed by atoms with Gasteiger partial charge in [-0.3, -0.25) is 0 Å². The van der Waals surface area contributed by atoms with Crippen LogP contribution in [0.3, 0.4) is 0 Å². The fourth-order valence-electron chi connectivity index (χ4n) is 1.42. The Morgan fingerprint density at radius 1 is 1.09 bits per heavy atom. The van der Waals surface area contributed by atoms with E-state index in [1.165, 1.54) is 7.05 Å². The Balaban J connectivity index is 2.93. The number of unbranched alkanes of at least 4 members (excludes halogenated alkanes) is 1. The number of nitrogens with one attached hydrogen (secondary N) is 1. The van der Waals surface area contributed by atoms with Crippen LogP contribution in [0.15, 0.2) is 5.10 Å². The average molecular weight is 339 g/mol. The highest BCUT2D eigenvalue weighted by Crippen LogP contribution is 2.21. The van der Waals surface area contributed by atoms with Crippen LogP contribution < -0.4 is 5.32 Å². The molecule has 0 radical (unpaired) electrons. The average Bonchev–Trinajstić information content (AvgIpc) is 2.50. The number of hydrogen-bond donors (Lipinski definition) is 1. The van der Waals surface area contributed by atoms with E-state index in [0.29, 0.717) is 12.8 Å². The molecule has 0 atom stereocenters. The lowest BCUT2D eigenvalue weighted by molar-refractivity contribution is 0.377. The summed E-state index contributed by atoms with van der Waals surface area (Å²) in [5, 5.41) is 7.62. The van der Waals surface area contributed by atoms with Gasteiger partial charge in [-0.15, -0.1) is 0 Å². The molecule has 0 aliphatic heterocycles. The summed E-state index contributed by atoms with van der Waals surface area (Å²) >= 11 is 4.95. The second-order valence-corrected chi connectivity index (χ2v) is 4.72. The maximum atomic E-state index is 13.4. The molecule has 0 amide bonds. The maximum absolute atomic E-state index is 13.4. The van der Waals surface area contributed by atoms with Gasteiger partial charge in [0.05, 0.1) is 11.8 Å². The summed E-state index contributed by atoms with van der Waals surface area (Å²) in [5.41, 5.74) is -1.13. The zero-order valence-corrected chi connectivity index (χ0v) is 12.7. The van der Waals surface area contributed by atoms with Crippen LogP contribution in [0.1, 0.15) is 25.3 Å². The first kappa shape index (κ1) is 18.3. The molecule has 1 N–H and O–H groups in total. The minimum Gasteiger partial charge on any atom is -0.361 e. The molecule has 122 valence electrons. The molecule has 0 bridgehead atoms. The molecule has 22 heavy (non-hydrogen) atoms. The lowest BCUT2D eigenvalue weighted by Crippen LogP contribution is -2.34. The lowest BCUT2D eigenvalue weighted by atomic mass is 10.2. The Morgan fingerprint density at radius 3 is 2.09 bits per heavy atom. The number of rotatable bonds is 5. The first-order valence-electron chi connectivity index (χ1n) is 6.38. The quantitative estimate of drug-likeness (QED) is 0.170. The van der Waals surface area contributed by atoms with Crippen LogP contribution >= 0.6 is 12.2 Å². The van der Waals surface area contributed by atoms with Crippen LogP contribution in [0.5, 0.6) is 0 Å². The summed E-state index contributed by atoms with van der Waals surface area (Å²) in [6.07, 6.45) is 2.33. The van der Waals surface area contributed by atoms with Crippen molar-refractivity contribution < 1.29 is 22.0 Å². The first-order chi connectivity index (χ1) is 10.3. The highest BCUT2D eigenvalue weighted by Gasteiger charge is 2.24. The van der Waals surface area contributed by atoms with Crippen LogP contribution in [0.4, 0.5) is 22.0 Å². The van der Waals surface area contributed by atoms with E-state index in [9.17, 15) is 22.0 Å². The standard InChI is InChI=1S/C13H14F5N3S/c1-3-4-5-19-13(22)21(2)20-6-7-8(14)10(16)12(18)11(17)9(7)15/h6H,3-5H2,1-2H3,(H,19,22)/b20-6-. The van der Waals surface area contributed by atoms with E-state index in [0.717, 1.165) is 17.9 Å². The summed E-state index contributed by atoms with van der Waals surface area (Å²) in [4.78, 5) is 0. The van der Waals surface area contributed by atoms with Gasteiger partial charge in [0.15, 0.2) is 28.4 Å². The van der Waals surface area contributed by atoms with Gasteiger partial charge in [-0.2, -0.15) is 5.10 Å². The van der Waals surface area contributed by atoms with Gasteiger partial charge in [0, 0.05) is 13.6 Å². The van der Waals surface area contributed by atoms with Gasteiger partial charge < -0.3 is 5.32 Å². The molecular weight excluding hydrogens is 325 g/mol. The minimum atomic E-state index is -2.21. The smallest absolute Gasteiger partial charge is 0.200 e. The van der Waals surface area contributed by atoms with Gasteiger partial charge in [-0.05, 0) is 18.6 Å². The van der Waals surface area contributed by atoms with Crippen molar-refractivity contribution in [3.63, 3.8) is 0 Å². The van der Waals surface area contributed by atoms with Crippen molar-refractivity contribution in [1.29, 1.82) is 0 Å². The molecule has 0 spiro atoms. The van der Waals surface area contributed by atoms with Crippen molar-refractivity contribution in [1.82, 2.24) is 10.3 Å². The van der Waals surface area contributed by atoms with Gasteiger partial charge in [-0.1, -0.05) is 13.3 Å². The Morgan fingerprint density at radius 2 is 1.59 bits per heavy atom. The SMILES string of the molecule is CCCCNC(=S)N(C)/N=C\c1c(F)c(F)c(F)c(F)c1F. The predicted octanol–water partition coefficient (Wildman–Crippen LogP) is 3.32. The summed E-state index contributed by atoms with van der Waals surface area (Å²) in [6, 6.07) is 0. The highest BCUT2D eigenvalue weighted by molar-refractivity contribution is 7.80. The van der Waals surface area contributed by atoms with Crippen LogP contribution in [0.25, 0.3) is 0 Å². The van der Waals surface area contributed by atoms with Crippen molar-refractivity contribution in [2.45, 2.75) is 19.8 Å². The van der Waals surface area contributed by atoms with Crippen LogP contribution in [0, 0.1) is 29.1 Å². The first-order valence-corrected chi connectivity index (χ1v) is 6.79. The van der Waals surface area contributed by atoms with E-state index in [1.807, 2.05) is 6.92 Å². The Bertz CT molecular complexity index is 563. The molecule has 1 aromatic rings. The van der Waals surface area contributed by atoms with E-state index >= 15 is 0 Å². The largest absolute Gasteiger partial charge is 0.361 e. The van der Waals surface area contributed by atoms with Crippen LogP contribution in [-0.2, 0) is 0 Å². The van der Waals surface area contributed by atoms with Gasteiger partial charge in [0.2, 0.25) is 5.82 Å². The molecule has 3 nitrogen and oxygen atoms in total. The number of benzene rings is 1. The molecule has 1 aromatic carbocycles. The molecular formula is C13H14F5N3S. The Kier molecular flexibility index (Phi) is 6.66. The molecule has 9 heteroatoms. The van der Waals surface area contributed by atoms with E-state index in [2.05, 4.69) is 10.4 Å². The molecule has 0 heterocycles. The predicted molar refractivity (Wildman–Crippen MR) is 77.1 cm³/mol. The van der Waals surface area contributed by atoms with Crippen molar-refractivity contribution in [2.24, 2.45) is 5.10 Å². The van der Waals surface area contributed by atoms with E-state index in [1.54, 1.807) is 0 Å². The molecule has 0 aliphatic rings. The topological polar surface area (TPSA) is 27.6 Å². The minimum absolute atomic E-state index is 0.161. The van der Waals surface area contributed by atoms with Gasteiger partial charge in [0.1, 0.15) is 0 Å². The van der Waals surface area contributed by atoms with E-state index in [4.69, 9.17) is 12.2 Å². The second-order valence-electron chi connectivity index (χ2n) is 4.34. The normalized spacial score (nSPS) is 11.0. The number of hydrogen-bond acceptors (Lipinski definition) is 2. The second kappa shape index (κ2) is 8.02. The van der Waals surface area contributed by atoms with E-state index < -0.39 is 34.6 Å². The van der Waals surface area contributed by atoms with Crippen molar-refractivity contribution in [3.8, 4) is 0 Å². The number of halogens is 5. The summed E-state index contributed by atoms with van der Waals surface area (Å²) in [5.74, 6) is -10.1.